The van der Waals surface area contributed by atoms with E-state index in [-0.39, 0.29) is 33.3 Å². The van der Waals surface area contributed by atoms with E-state index in [9.17, 15) is 17.6 Å². The van der Waals surface area contributed by atoms with Crippen molar-refractivity contribution in [2.24, 2.45) is 0 Å². The van der Waals surface area contributed by atoms with Crippen molar-refractivity contribution < 1.29 is 22.3 Å². The molecular formula is C22H16F4N2O. The van der Waals surface area contributed by atoms with Crippen LogP contribution in [0.4, 0.5) is 17.6 Å². The second kappa shape index (κ2) is 6.69. The van der Waals surface area contributed by atoms with E-state index in [0.29, 0.717) is 22.5 Å². The van der Waals surface area contributed by atoms with Crippen molar-refractivity contribution in [3.8, 4) is 11.5 Å². The van der Waals surface area contributed by atoms with Crippen molar-refractivity contribution >= 4 is 21.8 Å². The molecule has 2 heterocycles. The van der Waals surface area contributed by atoms with Crippen LogP contribution in [0.5, 0.6) is 11.5 Å². The molecule has 148 valence electrons. The minimum Gasteiger partial charge on any atom is -0.455 e. The summed E-state index contributed by atoms with van der Waals surface area (Å²) < 4.78 is 62.6. The number of hydrogen-bond acceptors (Lipinski definition) is 3. The van der Waals surface area contributed by atoms with Crippen LogP contribution in [0.3, 0.4) is 0 Å². The first-order valence-electron chi connectivity index (χ1n) is 8.87. The van der Waals surface area contributed by atoms with Gasteiger partial charge in [-0.05, 0) is 39.8 Å². The molecule has 0 N–H and O–H groups in total. The molecule has 7 heteroatoms. The second-order valence-corrected chi connectivity index (χ2v) is 6.97. The number of rotatable bonds is 2. The SMILES string of the molecule is Cc1nc2c(F)cc(F)cc2c(Oc2c(C)c(C)nc3c(F)cc(F)cc23)c1C. The minimum atomic E-state index is -0.822. The van der Waals surface area contributed by atoms with Crippen LogP contribution in [0.2, 0.25) is 0 Å². The Morgan fingerprint density at radius 1 is 0.621 bits per heavy atom. The van der Waals surface area contributed by atoms with Crippen molar-refractivity contribution in [3.63, 3.8) is 0 Å². The Labute approximate surface area is 164 Å². The third-order valence-electron chi connectivity index (χ3n) is 5.08. The van der Waals surface area contributed by atoms with Gasteiger partial charge < -0.3 is 4.74 Å². The lowest BCUT2D eigenvalue weighted by Gasteiger charge is -2.18. The molecule has 0 bridgehead atoms. The third-order valence-corrected chi connectivity index (χ3v) is 5.08. The quantitative estimate of drug-likeness (QED) is 0.367. The summed E-state index contributed by atoms with van der Waals surface area (Å²) in [5, 5.41) is 0.258. The first kappa shape index (κ1) is 19.1. The van der Waals surface area contributed by atoms with Crippen molar-refractivity contribution in [2.45, 2.75) is 27.7 Å². The first-order chi connectivity index (χ1) is 13.7. The molecule has 0 radical (unpaired) electrons. The molecule has 0 atom stereocenters. The number of halogens is 4. The molecule has 0 aliphatic carbocycles. The zero-order chi connectivity index (χ0) is 21.0. The number of pyridine rings is 2. The molecule has 0 saturated carbocycles. The Balaban J connectivity index is 2.07. The normalized spacial score (nSPS) is 11.4. The highest BCUT2D eigenvalue weighted by atomic mass is 19.1. The predicted molar refractivity (Wildman–Crippen MR) is 102 cm³/mol. The zero-order valence-corrected chi connectivity index (χ0v) is 16.1. The molecule has 0 aliphatic heterocycles. The molecule has 2 aromatic carbocycles. The van der Waals surface area contributed by atoms with E-state index in [1.54, 1.807) is 27.7 Å². The molecule has 3 nitrogen and oxygen atoms in total. The molecule has 2 aromatic heterocycles. The highest BCUT2D eigenvalue weighted by molar-refractivity contribution is 5.91. The molecule has 0 spiro atoms. The predicted octanol–water partition coefficient (Wildman–Crippen LogP) is 6.37. The van der Waals surface area contributed by atoms with E-state index in [0.717, 1.165) is 24.3 Å². The van der Waals surface area contributed by atoms with Crippen molar-refractivity contribution in [2.75, 3.05) is 0 Å². The van der Waals surface area contributed by atoms with E-state index in [4.69, 9.17) is 4.74 Å². The third kappa shape index (κ3) is 3.06. The maximum atomic E-state index is 14.3. The minimum absolute atomic E-state index is 0.0467. The van der Waals surface area contributed by atoms with Crippen LogP contribution in [0.15, 0.2) is 24.3 Å². The maximum absolute atomic E-state index is 14.3. The fourth-order valence-electron chi connectivity index (χ4n) is 3.31. The average molecular weight is 400 g/mol. The van der Waals surface area contributed by atoms with Gasteiger partial charge in [0.2, 0.25) is 0 Å². The fourth-order valence-corrected chi connectivity index (χ4v) is 3.31. The standard InChI is InChI=1S/C22H16F4N2O/c1-9-11(3)27-19-15(5-13(23)7-17(19)25)21(9)29-22-10(2)12(4)28-20-16(22)6-14(24)8-18(20)26/h5-8H,1-4H3. The fraction of sp³-hybridized carbons (Fsp3) is 0.182. The highest BCUT2D eigenvalue weighted by Crippen LogP contribution is 2.40. The lowest BCUT2D eigenvalue weighted by Crippen LogP contribution is -2.02. The molecule has 0 saturated heterocycles. The van der Waals surface area contributed by atoms with Gasteiger partial charge in [-0.2, -0.15) is 0 Å². The van der Waals surface area contributed by atoms with Gasteiger partial charge in [0.1, 0.15) is 34.2 Å². The number of benzene rings is 2. The van der Waals surface area contributed by atoms with E-state index in [1.165, 1.54) is 0 Å². The van der Waals surface area contributed by atoms with Gasteiger partial charge in [-0.3, -0.25) is 0 Å². The van der Waals surface area contributed by atoms with Gasteiger partial charge in [-0.1, -0.05) is 0 Å². The van der Waals surface area contributed by atoms with Gasteiger partial charge in [0.15, 0.2) is 11.6 Å². The van der Waals surface area contributed by atoms with Crippen LogP contribution in [0.25, 0.3) is 21.8 Å². The first-order valence-corrected chi connectivity index (χ1v) is 8.87. The Bertz CT molecular complexity index is 1220. The van der Waals surface area contributed by atoms with Crippen LogP contribution in [0, 0.1) is 51.0 Å². The Hall–Kier alpha value is -3.22. The summed E-state index contributed by atoms with van der Waals surface area (Å²) in [5.41, 5.74) is 2.00. The molecular weight excluding hydrogens is 384 g/mol. The number of aromatic nitrogens is 2. The zero-order valence-electron chi connectivity index (χ0n) is 16.1. The lowest BCUT2D eigenvalue weighted by molar-refractivity contribution is 0.482. The molecule has 0 unspecified atom stereocenters. The summed E-state index contributed by atoms with van der Waals surface area (Å²) in [5.74, 6) is -2.87. The summed E-state index contributed by atoms with van der Waals surface area (Å²) >= 11 is 0. The molecule has 4 rings (SSSR count). The van der Waals surface area contributed by atoms with Crippen LogP contribution in [-0.4, -0.2) is 9.97 Å². The smallest absolute Gasteiger partial charge is 0.152 e. The maximum Gasteiger partial charge on any atom is 0.152 e. The van der Waals surface area contributed by atoms with Crippen LogP contribution < -0.4 is 4.74 Å². The summed E-state index contributed by atoms with van der Waals surface area (Å²) in [4.78, 5) is 8.39. The van der Waals surface area contributed by atoms with Gasteiger partial charge >= 0.3 is 0 Å². The Kier molecular flexibility index (Phi) is 4.41. The van der Waals surface area contributed by atoms with Crippen LogP contribution >= 0.6 is 0 Å². The average Bonchev–Trinajstić information content (AvgIpc) is 2.64. The van der Waals surface area contributed by atoms with E-state index < -0.39 is 23.3 Å². The Morgan fingerprint density at radius 3 is 1.38 bits per heavy atom. The molecule has 29 heavy (non-hydrogen) atoms. The highest BCUT2D eigenvalue weighted by Gasteiger charge is 2.20. The van der Waals surface area contributed by atoms with Gasteiger partial charge in [0.25, 0.3) is 0 Å². The van der Waals surface area contributed by atoms with Crippen LogP contribution in [0.1, 0.15) is 22.5 Å². The van der Waals surface area contributed by atoms with Crippen molar-refractivity contribution in [1.29, 1.82) is 0 Å². The number of hydrogen-bond donors (Lipinski definition) is 0. The summed E-state index contributed by atoms with van der Waals surface area (Å²) in [7, 11) is 0. The van der Waals surface area contributed by atoms with E-state index >= 15 is 0 Å². The van der Waals surface area contributed by atoms with Gasteiger partial charge in [-0.15, -0.1) is 0 Å². The van der Waals surface area contributed by atoms with Gasteiger partial charge in [0.05, 0.1) is 0 Å². The van der Waals surface area contributed by atoms with Crippen LogP contribution in [-0.2, 0) is 0 Å². The van der Waals surface area contributed by atoms with E-state index in [1.807, 2.05) is 0 Å². The Morgan fingerprint density at radius 2 is 1.00 bits per heavy atom. The molecule has 0 fully saturated rings. The summed E-state index contributed by atoms with van der Waals surface area (Å²) in [6.45, 7) is 6.75. The monoisotopic (exact) mass is 400 g/mol. The number of ether oxygens (including phenoxy) is 1. The van der Waals surface area contributed by atoms with E-state index in [2.05, 4.69) is 9.97 Å². The molecule has 4 aromatic rings. The van der Waals surface area contributed by atoms with Crippen molar-refractivity contribution in [1.82, 2.24) is 9.97 Å². The summed E-state index contributed by atoms with van der Waals surface area (Å²) in [6, 6.07) is 3.74. The van der Waals surface area contributed by atoms with Gasteiger partial charge in [0, 0.05) is 45.4 Å². The largest absolute Gasteiger partial charge is 0.455 e. The number of fused-ring (bicyclic) bond motifs is 2. The summed E-state index contributed by atoms with van der Waals surface area (Å²) in [6.07, 6.45) is 0. The second-order valence-electron chi connectivity index (χ2n) is 6.97. The molecule has 0 amide bonds. The lowest BCUT2D eigenvalue weighted by atomic mass is 10.1. The van der Waals surface area contributed by atoms with Crippen molar-refractivity contribution in [3.05, 3.63) is 70.0 Å². The topological polar surface area (TPSA) is 35.0 Å². The number of nitrogens with zero attached hydrogens (tertiary/aromatic N) is 2. The number of aryl methyl sites for hydroxylation is 2. The molecule has 0 aliphatic rings. The van der Waals surface area contributed by atoms with Gasteiger partial charge in [-0.25, -0.2) is 27.5 Å².